The Morgan fingerprint density at radius 2 is 2.21 bits per heavy atom. The first kappa shape index (κ1) is 11.3. The third-order valence-electron chi connectivity index (χ3n) is 2.38. The highest BCUT2D eigenvalue weighted by molar-refractivity contribution is 5.65. The normalized spacial score (nSPS) is 22.8. The molecule has 0 unspecified atom stereocenters. The minimum absolute atomic E-state index is 0.261. The molecule has 82 valence electrons. The van der Waals surface area contributed by atoms with Crippen molar-refractivity contribution in [2.75, 3.05) is 19.6 Å². The predicted octanol–water partition coefficient (Wildman–Crippen LogP) is 1.37. The second kappa shape index (κ2) is 4.17. The summed E-state index contributed by atoms with van der Waals surface area (Å²) in [6.07, 6.45) is 0.132. The molecule has 2 N–H and O–H groups in total. The van der Waals surface area contributed by atoms with Crippen molar-refractivity contribution in [2.45, 2.75) is 33.2 Å². The summed E-state index contributed by atoms with van der Waals surface area (Å²) in [6.45, 7) is 8.74. The van der Waals surface area contributed by atoms with Gasteiger partial charge in [-0.15, -0.1) is 0 Å². The second-order valence-corrected chi connectivity index (χ2v) is 5.16. The summed E-state index contributed by atoms with van der Waals surface area (Å²) in [5.74, 6) is 0. The molecule has 4 nitrogen and oxygen atoms in total. The number of carbonyl (C=O) groups is 1. The molecule has 1 saturated heterocycles. The fraction of sp³-hybridized carbons (Fsp3) is 0.900. The van der Waals surface area contributed by atoms with Crippen LogP contribution in [0.1, 0.15) is 27.2 Å². The van der Waals surface area contributed by atoms with Crippen molar-refractivity contribution in [1.82, 2.24) is 10.2 Å². The van der Waals surface area contributed by atoms with Crippen LogP contribution in [0.25, 0.3) is 0 Å². The van der Waals surface area contributed by atoms with Gasteiger partial charge in [0.05, 0.1) is 0 Å². The minimum atomic E-state index is -0.801. The predicted molar refractivity (Wildman–Crippen MR) is 55.5 cm³/mol. The zero-order chi connectivity index (χ0) is 10.8. The zero-order valence-electron chi connectivity index (χ0n) is 9.21. The van der Waals surface area contributed by atoms with Gasteiger partial charge in [0, 0.05) is 25.7 Å². The molecule has 1 aliphatic heterocycles. The van der Waals surface area contributed by atoms with E-state index >= 15 is 0 Å². The van der Waals surface area contributed by atoms with Crippen molar-refractivity contribution in [1.29, 1.82) is 0 Å². The standard InChI is InChI=1S/C10H20N2O2/c1-10(2,3)7-11-8-4-5-12(6-8)9(13)14/h8,11H,4-7H2,1-3H3,(H,13,14)/t8-/m0/s1. The van der Waals surface area contributed by atoms with Crippen LogP contribution >= 0.6 is 0 Å². The molecule has 4 heteroatoms. The molecule has 0 aliphatic carbocycles. The number of carboxylic acid groups (broad SMARTS) is 1. The van der Waals surface area contributed by atoms with Gasteiger partial charge in [-0.2, -0.15) is 0 Å². The van der Waals surface area contributed by atoms with Gasteiger partial charge in [0.1, 0.15) is 0 Å². The Bertz CT molecular complexity index is 211. The molecule has 0 aromatic heterocycles. The molecule has 0 aromatic carbocycles. The van der Waals surface area contributed by atoms with Crippen LogP contribution in [0, 0.1) is 5.41 Å². The van der Waals surface area contributed by atoms with Crippen LogP contribution in [0.15, 0.2) is 0 Å². The smallest absolute Gasteiger partial charge is 0.407 e. The molecule has 0 aromatic rings. The number of hydrogen-bond donors (Lipinski definition) is 2. The van der Waals surface area contributed by atoms with Gasteiger partial charge >= 0.3 is 6.09 Å². The van der Waals surface area contributed by atoms with Crippen molar-refractivity contribution in [2.24, 2.45) is 5.41 Å². The summed E-state index contributed by atoms with van der Waals surface area (Å²) in [4.78, 5) is 12.1. The maximum atomic E-state index is 10.6. The fourth-order valence-electron chi connectivity index (χ4n) is 1.55. The monoisotopic (exact) mass is 200 g/mol. The number of rotatable bonds is 2. The van der Waals surface area contributed by atoms with Crippen LogP contribution in [0.5, 0.6) is 0 Å². The Morgan fingerprint density at radius 1 is 1.57 bits per heavy atom. The summed E-state index contributed by atoms with van der Waals surface area (Å²) < 4.78 is 0. The molecule has 0 spiro atoms. The van der Waals surface area contributed by atoms with Crippen LogP contribution in [-0.2, 0) is 0 Å². The van der Waals surface area contributed by atoms with E-state index in [0.717, 1.165) is 13.0 Å². The zero-order valence-corrected chi connectivity index (χ0v) is 9.21. The maximum Gasteiger partial charge on any atom is 0.407 e. The van der Waals surface area contributed by atoms with Crippen molar-refractivity contribution in [3.63, 3.8) is 0 Å². The number of nitrogens with one attached hydrogen (secondary N) is 1. The van der Waals surface area contributed by atoms with E-state index in [-0.39, 0.29) is 5.41 Å². The Morgan fingerprint density at radius 3 is 2.64 bits per heavy atom. The van der Waals surface area contributed by atoms with Crippen LogP contribution in [0.4, 0.5) is 4.79 Å². The second-order valence-electron chi connectivity index (χ2n) is 5.16. The number of amides is 1. The summed E-state index contributed by atoms with van der Waals surface area (Å²) >= 11 is 0. The Balaban J connectivity index is 2.26. The Kier molecular flexibility index (Phi) is 3.37. The molecular formula is C10H20N2O2. The number of hydrogen-bond acceptors (Lipinski definition) is 2. The van der Waals surface area contributed by atoms with E-state index in [9.17, 15) is 4.79 Å². The van der Waals surface area contributed by atoms with Gasteiger partial charge in [-0.3, -0.25) is 0 Å². The molecular weight excluding hydrogens is 180 g/mol. The first-order chi connectivity index (χ1) is 6.38. The molecule has 0 radical (unpaired) electrons. The largest absolute Gasteiger partial charge is 0.465 e. The van der Waals surface area contributed by atoms with E-state index < -0.39 is 6.09 Å². The quantitative estimate of drug-likeness (QED) is 0.708. The van der Waals surface area contributed by atoms with Crippen molar-refractivity contribution < 1.29 is 9.90 Å². The molecule has 14 heavy (non-hydrogen) atoms. The molecule has 1 aliphatic rings. The third-order valence-corrected chi connectivity index (χ3v) is 2.38. The SMILES string of the molecule is CC(C)(C)CN[C@H]1CCN(C(=O)O)C1. The highest BCUT2D eigenvalue weighted by atomic mass is 16.4. The van der Waals surface area contributed by atoms with E-state index in [1.165, 1.54) is 4.90 Å². The van der Waals surface area contributed by atoms with Crippen LogP contribution in [-0.4, -0.2) is 41.8 Å². The Hall–Kier alpha value is -0.770. The average molecular weight is 200 g/mol. The van der Waals surface area contributed by atoms with Gasteiger partial charge in [0.15, 0.2) is 0 Å². The van der Waals surface area contributed by atoms with Gasteiger partial charge in [0.25, 0.3) is 0 Å². The molecule has 1 rings (SSSR count). The van der Waals surface area contributed by atoms with Crippen molar-refractivity contribution in [3.8, 4) is 0 Å². The third kappa shape index (κ3) is 3.54. The number of nitrogens with zero attached hydrogens (tertiary/aromatic N) is 1. The summed E-state index contributed by atoms with van der Waals surface area (Å²) in [5.41, 5.74) is 0.261. The topological polar surface area (TPSA) is 52.6 Å². The molecule has 1 atom stereocenters. The summed E-state index contributed by atoms with van der Waals surface area (Å²) in [6, 6.07) is 0.338. The maximum absolute atomic E-state index is 10.6. The van der Waals surface area contributed by atoms with Crippen LogP contribution in [0.3, 0.4) is 0 Å². The minimum Gasteiger partial charge on any atom is -0.465 e. The Labute approximate surface area is 85.3 Å². The van der Waals surface area contributed by atoms with Gasteiger partial charge in [0.2, 0.25) is 0 Å². The highest BCUT2D eigenvalue weighted by Crippen LogP contribution is 2.14. The molecule has 1 fully saturated rings. The van der Waals surface area contributed by atoms with E-state index in [4.69, 9.17) is 5.11 Å². The highest BCUT2D eigenvalue weighted by Gasteiger charge is 2.26. The molecule has 0 bridgehead atoms. The fourth-order valence-corrected chi connectivity index (χ4v) is 1.55. The number of likely N-dealkylation sites (tertiary alicyclic amines) is 1. The first-order valence-corrected chi connectivity index (χ1v) is 5.10. The van der Waals surface area contributed by atoms with E-state index in [2.05, 4.69) is 26.1 Å². The summed E-state index contributed by atoms with van der Waals surface area (Å²) in [5, 5.41) is 12.2. The molecule has 0 saturated carbocycles. The van der Waals surface area contributed by atoms with E-state index in [1.54, 1.807) is 0 Å². The molecule has 1 heterocycles. The van der Waals surface area contributed by atoms with Crippen molar-refractivity contribution in [3.05, 3.63) is 0 Å². The summed E-state index contributed by atoms with van der Waals surface area (Å²) in [7, 11) is 0. The van der Waals surface area contributed by atoms with Gasteiger partial charge < -0.3 is 15.3 Å². The lowest BCUT2D eigenvalue weighted by Crippen LogP contribution is -2.38. The van der Waals surface area contributed by atoms with Gasteiger partial charge in [-0.1, -0.05) is 20.8 Å². The van der Waals surface area contributed by atoms with Crippen LogP contribution < -0.4 is 5.32 Å². The van der Waals surface area contributed by atoms with E-state index in [0.29, 0.717) is 19.1 Å². The van der Waals surface area contributed by atoms with E-state index in [1.807, 2.05) is 0 Å². The lowest BCUT2D eigenvalue weighted by Gasteiger charge is -2.22. The lowest BCUT2D eigenvalue weighted by atomic mass is 9.96. The van der Waals surface area contributed by atoms with Gasteiger partial charge in [-0.05, 0) is 11.8 Å². The van der Waals surface area contributed by atoms with Crippen molar-refractivity contribution >= 4 is 6.09 Å². The van der Waals surface area contributed by atoms with Crippen LogP contribution in [0.2, 0.25) is 0 Å². The first-order valence-electron chi connectivity index (χ1n) is 5.10. The lowest BCUT2D eigenvalue weighted by molar-refractivity contribution is 0.154. The average Bonchev–Trinajstić information content (AvgIpc) is 2.47. The van der Waals surface area contributed by atoms with Gasteiger partial charge in [-0.25, -0.2) is 4.79 Å². The molecule has 1 amide bonds.